The second-order valence-electron chi connectivity index (χ2n) is 7.27. The Hall–Kier alpha value is -2.15. The van der Waals surface area contributed by atoms with Gasteiger partial charge in [-0.05, 0) is 62.3 Å². The minimum absolute atomic E-state index is 0.138. The van der Waals surface area contributed by atoms with Gasteiger partial charge in [0.15, 0.2) is 0 Å². The van der Waals surface area contributed by atoms with E-state index in [9.17, 15) is 14.0 Å². The maximum absolute atomic E-state index is 13.1. The van der Waals surface area contributed by atoms with Crippen LogP contribution in [0.4, 0.5) is 14.9 Å². The van der Waals surface area contributed by atoms with Gasteiger partial charge in [0, 0.05) is 25.3 Å². The van der Waals surface area contributed by atoms with Gasteiger partial charge in [0.05, 0.1) is 6.54 Å². The summed E-state index contributed by atoms with van der Waals surface area (Å²) >= 11 is 0. The molecule has 1 aliphatic carbocycles. The first-order chi connectivity index (χ1) is 12.6. The van der Waals surface area contributed by atoms with Crippen LogP contribution in [-0.2, 0) is 4.79 Å². The summed E-state index contributed by atoms with van der Waals surface area (Å²) in [5.41, 5.74) is 0.421. The maximum atomic E-state index is 13.1. The number of urea groups is 1. The van der Waals surface area contributed by atoms with E-state index >= 15 is 0 Å². The number of amides is 3. The number of carbonyl (C=O) groups excluding carboxylic acids is 2. The van der Waals surface area contributed by atoms with Gasteiger partial charge >= 0.3 is 6.03 Å². The van der Waals surface area contributed by atoms with E-state index in [-0.39, 0.29) is 23.7 Å². The Morgan fingerprint density at radius 1 is 1.15 bits per heavy atom. The third kappa shape index (κ3) is 5.98. The molecule has 1 heterocycles. The van der Waals surface area contributed by atoms with Gasteiger partial charge in [0.2, 0.25) is 5.91 Å². The molecule has 2 aliphatic rings. The molecule has 3 amide bonds. The fraction of sp³-hybridized carbons (Fsp3) is 0.579. The lowest BCUT2D eigenvalue weighted by Crippen LogP contribution is -2.47. The molecule has 0 bridgehead atoms. The van der Waals surface area contributed by atoms with E-state index in [0.29, 0.717) is 25.3 Å². The van der Waals surface area contributed by atoms with Crippen molar-refractivity contribution in [2.24, 2.45) is 11.8 Å². The maximum Gasteiger partial charge on any atom is 0.319 e. The molecule has 1 aromatic carbocycles. The number of anilines is 1. The molecule has 6 nitrogen and oxygen atoms in total. The molecule has 1 atom stereocenters. The zero-order chi connectivity index (χ0) is 18.4. The van der Waals surface area contributed by atoms with Crippen molar-refractivity contribution >= 4 is 17.6 Å². The van der Waals surface area contributed by atoms with E-state index in [4.69, 9.17) is 0 Å². The molecule has 0 spiro atoms. The molecule has 3 N–H and O–H groups in total. The molecule has 1 saturated carbocycles. The molecule has 1 unspecified atom stereocenters. The predicted molar refractivity (Wildman–Crippen MR) is 98.3 cm³/mol. The Balaban J connectivity index is 1.37. The van der Waals surface area contributed by atoms with Crippen LogP contribution in [-0.4, -0.2) is 49.6 Å². The predicted octanol–water partition coefficient (Wildman–Crippen LogP) is 2.19. The number of piperidine rings is 1. The van der Waals surface area contributed by atoms with Gasteiger partial charge in [-0.15, -0.1) is 0 Å². The normalized spacial score (nSPS) is 19.9. The first-order valence-corrected chi connectivity index (χ1v) is 9.39. The number of benzene rings is 1. The van der Waals surface area contributed by atoms with Crippen molar-refractivity contribution in [3.63, 3.8) is 0 Å². The van der Waals surface area contributed by atoms with Crippen LogP contribution in [0.5, 0.6) is 0 Å². The summed E-state index contributed by atoms with van der Waals surface area (Å²) in [5.74, 6) is 0.756. The summed E-state index contributed by atoms with van der Waals surface area (Å²) < 4.78 is 13.1. The number of rotatable bonds is 7. The van der Waals surface area contributed by atoms with Crippen LogP contribution >= 0.6 is 0 Å². The number of likely N-dealkylation sites (tertiary alicyclic amines) is 1. The van der Waals surface area contributed by atoms with Crippen molar-refractivity contribution in [2.75, 3.05) is 38.0 Å². The third-order valence-corrected chi connectivity index (χ3v) is 4.91. The number of halogens is 1. The van der Waals surface area contributed by atoms with Crippen LogP contribution in [0, 0.1) is 17.7 Å². The summed E-state index contributed by atoms with van der Waals surface area (Å²) in [6, 6.07) is 5.43. The van der Waals surface area contributed by atoms with Gasteiger partial charge in [-0.3, -0.25) is 4.79 Å². The number of nitrogens with zero attached hydrogens (tertiary/aromatic N) is 1. The fourth-order valence-electron chi connectivity index (χ4n) is 3.25. The van der Waals surface area contributed by atoms with Crippen LogP contribution in [0.2, 0.25) is 0 Å². The van der Waals surface area contributed by atoms with Crippen molar-refractivity contribution in [2.45, 2.75) is 25.7 Å². The molecular formula is C19H27FN4O2. The Morgan fingerprint density at radius 2 is 2.00 bits per heavy atom. The standard InChI is InChI=1S/C19H27FN4O2/c20-16-4-1-5-17(9-16)23-19(26)22-11-15-3-2-8-24(13-15)18(25)12-21-10-14-6-7-14/h1,4-5,9,14-15,21H,2-3,6-8,10-13H2,(H2,22,23,26). The fourth-order valence-corrected chi connectivity index (χ4v) is 3.25. The molecule has 0 radical (unpaired) electrons. The zero-order valence-corrected chi connectivity index (χ0v) is 15.0. The largest absolute Gasteiger partial charge is 0.341 e. The van der Waals surface area contributed by atoms with Gasteiger partial charge in [-0.25, -0.2) is 9.18 Å². The van der Waals surface area contributed by atoms with Crippen LogP contribution in [0.25, 0.3) is 0 Å². The summed E-state index contributed by atoms with van der Waals surface area (Å²) in [7, 11) is 0. The second-order valence-corrected chi connectivity index (χ2v) is 7.27. The van der Waals surface area contributed by atoms with E-state index in [1.807, 2.05) is 4.90 Å². The molecule has 0 aromatic heterocycles. The van der Waals surface area contributed by atoms with E-state index < -0.39 is 0 Å². The topological polar surface area (TPSA) is 73.5 Å². The van der Waals surface area contributed by atoms with Gasteiger partial charge in [0.25, 0.3) is 0 Å². The van der Waals surface area contributed by atoms with Gasteiger partial charge in [-0.1, -0.05) is 6.07 Å². The molecule has 3 rings (SSSR count). The average molecular weight is 362 g/mol. The Morgan fingerprint density at radius 3 is 2.77 bits per heavy atom. The van der Waals surface area contributed by atoms with Crippen molar-refractivity contribution in [3.8, 4) is 0 Å². The van der Waals surface area contributed by atoms with Crippen LogP contribution < -0.4 is 16.0 Å². The summed E-state index contributed by atoms with van der Waals surface area (Å²) in [6.45, 7) is 3.29. The molecule has 1 aromatic rings. The lowest BCUT2D eigenvalue weighted by Gasteiger charge is -2.33. The van der Waals surface area contributed by atoms with E-state index in [1.165, 1.54) is 25.0 Å². The molecular weight excluding hydrogens is 335 g/mol. The van der Waals surface area contributed by atoms with Gasteiger partial charge in [0.1, 0.15) is 5.82 Å². The third-order valence-electron chi connectivity index (χ3n) is 4.91. The highest BCUT2D eigenvalue weighted by Crippen LogP contribution is 2.27. The second kappa shape index (κ2) is 8.98. The molecule has 7 heteroatoms. The Kier molecular flexibility index (Phi) is 6.44. The van der Waals surface area contributed by atoms with E-state index in [1.54, 1.807) is 12.1 Å². The Bertz CT molecular complexity index is 636. The summed E-state index contributed by atoms with van der Waals surface area (Å²) in [5, 5.41) is 8.68. The SMILES string of the molecule is O=C(NCC1CCCN(C(=O)CNCC2CC2)C1)Nc1cccc(F)c1. The van der Waals surface area contributed by atoms with Gasteiger partial charge in [-0.2, -0.15) is 0 Å². The smallest absolute Gasteiger partial charge is 0.319 e. The number of hydrogen-bond acceptors (Lipinski definition) is 3. The van der Waals surface area contributed by atoms with Crippen molar-refractivity contribution < 1.29 is 14.0 Å². The molecule has 26 heavy (non-hydrogen) atoms. The van der Waals surface area contributed by atoms with E-state index in [2.05, 4.69) is 16.0 Å². The highest BCUT2D eigenvalue weighted by Gasteiger charge is 2.25. The minimum Gasteiger partial charge on any atom is -0.341 e. The monoisotopic (exact) mass is 362 g/mol. The molecule has 142 valence electrons. The molecule has 2 fully saturated rings. The van der Waals surface area contributed by atoms with Crippen molar-refractivity contribution in [1.29, 1.82) is 0 Å². The number of nitrogens with one attached hydrogen (secondary N) is 3. The number of hydrogen-bond donors (Lipinski definition) is 3. The lowest BCUT2D eigenvalue weighted by atomic mass is 9.98. The molecule has 1 saturated heterocycles. The first-order valence-electron chi connectivity index (χ1n) is 9.39. The van der Waals surface area contributed by atoms with Crippen molar-refractivity contribution in [1.82, 2.24) is 15.5 Å². The average Bonchev–Trinajstić information content (AvgIpc) is 3.44. The van der Waals surface area contributed by atoms with Crippen molar-refractivity contribution in [3.05, 3.63) is 30.1 Å². The minimum atomic E-state index is -0.389. The quantitative estimate of drug-likeness (QED) is 0.696. The molecule has 1 aliphatic heterocycles. The zero-order valence-electron chi connectivity index (χ0n) is 15.0. The lowest BCUT2D eigenvalue weighted by molar-refractivity contribution is -0.132. The highest BCUT2D eigenvalue weighted by molar-refractivity contribution is 5.89. The summed E-state index contributed by atoms with van der Waals surface area (Å²) in [6.07, 6.45) is 4.48. The van der Waals surface area contributed by atoms with Crippen LogP contribution in [0.15, 0.2) is 24.3 Å². The van der Waals surface area contributed by atoms with E-state index in [0.717, 1.165) is 31.8 Å². The van der Waals surface area contributed by atoms with Crippen LogP contribution in [0.1, 0.15) is 25.7 Å². The summed E-state index contributed by atoms with van der Waals surface area (Å²) in [4.78, 5) is 26.1. The van der Waals surface area contributed by atoms with Gasteiger partial charge < -0.3 is 20.9 Å². The Labute approximate surface area is 153 Å². The van der Waals surface area contributed by atoms with Crippen LogP contribution in [0.3, 0.4) is 0 Å². The first kappa shape index (κ1) is 18.6. The number of carbonyl (C=O) groups is 2. The highest BCUT2D eigenvalue weighted by atomic mass is 19.1.